The van der Waals surface area contributed by atoms with E-state index in [-0.39, 0.29) is 12.6 Å². The summed E-state index contributed by atoms with van der Waals surface area (Å²) < 4.78 is 15.4. The Morgan fingerprint density at radius 2 is 2.22 bits per heavy atom. The molecular weight excluding hydrogens is 120 g/mol. The Morgan fingerprint density at radius 3 is 2.89 bits per heavy atom. The van der Waals surface area contributed by atoms with Crippen molar-refractivity contribution in [2.75, 3.05) is 7.11 Å². The predicted octanol–water partition coefficient (Wildman–Crippen LogP) is 0.494. The smallest absolute Gasteiger partial charge is 0.187 e. The SMILES string of the molecule is COC1CCC2OC2O1. The molecule has 2 aliphatic rings. The lowest BCUT2D eigenvalue weighted by Gasteiger charge is -2.16. The summed E-state index contributed by atoms with van der Waals surface area (Å²) in [6.45, 7) is 0. The Labute approximate surface area is 53.9 Å². The maximum atomic E-state index is 5.27. The predicted molar refractivity (Wildman–Crippen MR) is 29.8 cm³/mol. The average Bonchev–Trinajstić information content (AvgIpc) is 2.64. The van der Waals surface area contributed by atoms with Gasteiger partial charge < -0.3 is 14.2 Å². The van der Waals surface area contributed by atoms with Gasteiger partial charge in [-0.05, 0) is 6.42 Å². The summed E-state index contributed by atoms with van der Waals surface area (Å²) in [5.74, 6) is 0. The Morgan fingerprint density at radius 1 is 1.33 bits per heavy atom. The van der Waals surface area contributed by atoms with Crippen molar-refractivity contribution in [1.29, 1.82) is 0 Å². The Kier molecular flexibility index (Phi) is 1.22. The molecule has 0 N–H and O–H groups in total. The van der Waals surface area contributed by atoms with Crippen molar-refractivity contribution in [3.63, 3.8) is 0 Å². The fraction of sp³-hybridized carbons (Fsp3) is 1.00. The van der Waals surface area contributed by atoms with E-state index in [9.17, 15) is 0 Å². The van der Waals surface area contributed by atoms with Crippen LogP contribution in [0.1, 0.15) is 12.8 Å². The summed E-state index contributed by atoms with van der Waals surface area (Å²) in [6.07, 6.45) is 2.48. The molecule has 2 saturated heterocycles. The van der Waals surface area contributed by atoms with Gasteiger partial charge in [-0.15, -0.1) is 0 Å². The van der Waals surface area contributed by atoms with Crippen molar-refractivity contribution in [3.05, 3.63) is 0 Å². The zero-order valence-electron chi connectivity index (χ0n) is 5.37. The van der Waals surface area contributed by atoms with Crippen molar-refractivity contribution < 1.29 is 14.2 Å². The zero-order valence-corrected chi connectivity index (χ0v) is 5.37. The van der Waals surface area contributed by atoms with E-state index in [0.717, 1.165) is 12.8 Å². The van der Waals surface area contributed by atoms with Gasteiger partial charge in [-0.25, -0.2) is 0 Å². The fourth-order valence-corrected chi connectivity index (χ4v) is 1.14. The number of methoxy groups -OCH3 is 1. The number of epoxide rings is 1. The molecule has 52 valence electrons. The molecule has 0 aliphatic carbocycles. The minimum absolute atomic E-state index is 0.0197. The van der Waals surface area contributed by atoms with Crippen LogP contribution < -0.4 is 0 Å². The van der Waals surface area contributed by atoms with Crippen LogP contribution in [0.2, 0.25) is 0 Å². The highest BCUT2D eigenvalue weighted by Gasteiger charge is 2.45. The zero-order chi connectivity index (χ0) is 6.27. The number of hydrogen-bond donors (Lipinski definition) is 0. The molecule has 0 radical (unpaired) electrons. The van der Waals surface area contributed by atoms with Gasteiger partial charge in [0.05, 0.1) is 0 Å². The van der Waals surface area contributed by atoms with Crippen molar-refractivity contribution in [3.8, 4) is 0 Å². The van der Waals surface area contributed by atoms with Gasteiger partial charge in [-0.2, -0.15) is 0 Å². The molecule has 3 unspecified atom stereocenters. The Balaban J connectivity index is 1.86. The number of hydrogen-bond acceptors (Lipinski definition) is 3. The molecule has 2 aliphatic heterocycles. The van der Waals surface area contributed by atoms with Crippen LogP contribution in [0.5, 0.6) is 0 Å². The molecule has 0 saturated carbocycles. The normalized spacial score (nSPS) is 48.3. The lowest BCUT2D eigenvalue weighted by molar-refractivity contribution is -0.161. The first-order valence-corrected chi connectivity index (χ1v) is 3.24. The van der Waals surface area contributed by atoms with E-state index >= 15 is 0 Å². The average molecular weight is 130 g/mol. The van der Waals surface area contributed by atoms with Crippen molar-refractivity contribution in [2.24, 2.45) is 0 Å². The number of rotatable bonds is 1. The molecule has 2 fully saturated rings. The minimum atomic E-state index is -0.0197. The van der Waals surface area contributed by atoms with Crippen LogP contribution in [0.25, 0.3) is 0 Å². The summed E-state index contributed by atoms with van der Waals surface area (Å²) in [5.41, 5.74) is 0. The van der Waals surface area contributed by atoms with E-state index < -0.39 is 0 Å². The van der Waals surface area contributed by atoms with Crippen LogP contribution in [0.4, 0.5) is 0 Å². The molecule has 0 amide bonds. The summed E-state index contributed by atoms with van der Waals surface area (Å²) in [7, 11) is 1.66. The van der Waals surface area contributed by atoms with Crippen LogP contribution in [-0.4, -0.2) is 25.8 Å². The molecular formula is C6H10O3. The van der Waals surface area contributed by atoms with Crippen LogP contribution in [0, 0.1) is 0 Å². The molecule has 0 aromatic heterocycles. The molecule has 0 spiro atoms. The van der Waals surface area contributed by atoms with Gasteiger partial charge in [0.15, 0.2) is 12.6 Å². The standard InChI is InChI=1S/C6H10O3/c1-7-5-3-2-4-6(8-4)9-5/h4-6H,2-3H2,1H3. The van der Waals surface area contributed by atoms with Crippen molar-refractivity contribution in [1.82, 2.24) is 0 Å². The second-order valence-electron chi connectivity index (χ2n) is 2.42. The third kappa shape index (κ3) is 0.956. The lowest BCUT2D eigenvalue weighted by atomic mass is 10.2. The molecule has 2 heterocycles. The molecule has 3 heteroatoms. The third-order valence-corrected chi connectivity index (χ3v) is 1.77. The summed E-state index contributed by atoms with van der Waals surface area (Å²) in [6, 6.07) is 0. The monoisotopic (exact) mass is 130 g/mol. The summed E-state index contributed by atoms with van der Waals surface area (Å²) >= 11 is 0. The molecule has 3 nitrogen and oxygen atoms in total. The first kappa shape index (κ1) is 5.65. The van der Waals surface area contributed by atoms with Gasteiger partial charge in [0, 0.05) is 13.5 Å². The minimum Gasteiger partial charge on any atom is -0.356 e. The van der Waals surface area contributed by atoms with Crippen LogP contribution in [-0.2, 0) is 14.2 Å². The molecule has 0 aromatic rings. The van der Waals surface area contributed by atoms with E-state index in [0.29, 0.717) is 6.10 Å². The van der Waals surface area contributed by atoms with Gasteiger partial charge in [0.1, 0.15) is 6.10 Å². The van der Waals surface area contributed by atoms with Crippen molar-refractivity contribution >= 4 is 0 Å². The first-order chi connectivity index (χ1) is 4.40. The summed E-state index contributed by atoms with van der Waals surface area (Å²) in [4.78, 5) is 0. The highest BCUT2D eigenvalue weighted by Crippen LogP contribution is 2.34. The Hall–Kier alpha value is -0.120. The van der Waals surface area contributed by atoms with Gasteiger partial charge in [-0.3, -0.25) is 0 Å². The highest BCUT2D eigenvalue weighted by atomic mass is 16.8. The molecule has 0 bridgehead atoms. The molecule has 2 rings (SSSR count). The highest BCUT2D eigenvalue weighted by molar-refractivity contribution is 4.81. The van der Waals surface area contributed by atoms with Gasteiger partial charge in [0.2, 0.25) is 0 Å². The first-order valence-electron chi connectivity index (χ1n) is 3.24. The Bertz CT molecular complexity index is 115. The lowest BCUT2D eigenvalue weighted by Crippen LogP contribution is -2.23. The van der Waals surface area contributed by atoms with Gasteiger partial charge in [-0.1, -0.05) is 0 Å². The van der Waals surface area contributed by atoms with Gasteiger partial charge in [0.25, 0.3) is 0 Å². The van der Waals surface area contributed by atoms with E-state index in [4.69, 9.17) is 14.2 Å². The van der Waals surface area contributed by atoms with E-state index in [2.05, 4.69) is 0 Å². The largest absolute Gasteiger partial charge is 0.356 e. The number of ether oxygens (including phenoxy) is 3. The topological polar surface area (TPSA) is 31.0 Å². The maximum Gasteiger partial charge on any atom is 0.187 e. The van der Waals surface area contributed by atoms with E-state index in [1.807, 2.05) is 0 Å². The van der Waals surface area contributed by atoms with Crippen LogP contribution >= 0.6 is 0 Å². The molecule has 0 aromatic carbocycles. The van der Waals surface area contributed by atoms with E-state index in [1.54, 1.807) is 7.11 Å². The van der Waals surface area contributed by atoms with E-state index in [1.165, 1.54) is 0 Å². The molecule has 3 atom stereocenters. The number of fused-ring (bicyclic) bond motifs is 1. The maximum absolute atomic E-state index is 5.27. The quantitative estimate of drug-likeness (QED) is 0.484. The summed E-state index contributed by atoms with van der Waals surface area (Å²) in [5, 5.41) is 0. The second kappa shape index (κ2) is 1.94. The fourth-order valence-electron chi connectivity index (χ4n) is 1.14. The van der Waals surface area contributed by atoms with Crippen LogP contribution in [0.3, 0.4) is 0 Å². The second-order valence-corrected chi connectivity index (χ2v) is 2.42. The third-order valence-electron chi connectivity index (χ3n) is 1.77. The molecule has 9 heavy (non-hydrogen) atoms. The van der Waals surface area contributed by atoms with Crippen molar-refractivity contribution in [2.45, 2.75) is 31.5 Å². The van der Waals surface area contributed by atoms with Crippen LogP contribution in [0.15, 0.2) is 0 Å². The van der Waals surface area contributed by atoms with Gasteiger partial charge >= 0.3 is 0 Å².